The molecule has 2 N–H and O–H groups in total. The molecule has 1 amide bonds. The number of sulfonamides is 1. The Bertz CT molecular complexity index is 1130. The summed E-state index contributed by atoms with van der Waals surface area (Å²) in [6, 6.07) is 6.25. The van der Waals surface area contributed by atoms with Crippen molar-refractivity contribution in [2.45, 2.75) is 12.5 Å². The molecule has 2 saturated heterocycles. The van der Waals surface area contributed by atoms with Gasteiger partial charge in [-0.3, -0.25) is 9.10 Å². The summed E-state index contributed by atoms with van der Waals surface area (Å²) >= 11 is 12.5. The minimum Gasteiger partial charge on any atom is -0.394 e. The van der Waals surface area contributed by atoms with E-state index in [2.05, 4.69) is 10.3 Å². The predicted octanol–water partition coefficient (Wildman–Crippen LogP) is 2.38. The van der Waals surface area contributed by atoms with Gasteiger partial charge < -0.3 is 20.1 Å². The summed E-state index contributed by atoms with van der Waals surface area (Å²) < 4.78 is 31.0. The highest BCUT2D eigenvalue weighted by Crippen LogP contribution is 2.30. The number of rotatable bonds is 5. The number of aromatic nitrogens is 1. The Balaban J connectivity index is 1.59. The molecule has 2 aromatic rings. The average Bonchev–Trinajstić information content (AvgIpc) is 3.12. The molecule has 2 aliphatic rings. The van der Waals surface area contributed by atoms with E-state index in [9.17, 15) is 18.3 Å². The molecule has 172 valence electrons. The van der Waals surface area contributed by atoms with Crippen molar-refractivity contribution in [2.24, 2.45) is 0 Å². The molecule has 0 spiro atoms. The van der Waals surface area contributed by atoms with Gasteiger partial charge in [-0.25, -0.2) is 13.4 Å². The van der Waals surface area contributed by atoms with Crippen LogP contribution in [0.25, 0.3) is 0 Å². The number of aliphatic hydroxyl groups excluding tert-OH is 1. The maximum Gasteiger partial charge on any atom is 0.257 e. The van der Waals surface area contributed by atoms with Crippen LogP contribution in [0, 0.1) is 0 Å². The van der Waals surface area contributed by atoms with Crippen molar-refractivity contribution >= 4 is 56.3 Å². The number of aliphatic hydroxyl groups is 1. The first-order valence-electron chi connectivity index (χ1n) is 10.0. The molecule has 3 heterocycles. The number of pyridine rings is 1. The summed E-state index contributed by atoms with van der Waals surface area (Å²) in [7, 11) is -3.44. The minimum atomic E-state index is -3.44. The van der Waals surface area contributed by atoms with Crippen LogP contribution in [0.2, 0.25) is 10.0 Å². The molecule has 0 aliphatic carbocycles. The third-order valence-electron chi connectivity index (χ3n) is 5.35. The van der Waals surface area contributed by atoms with Gasteiger partial charge in [-0.1, -0.05) is 23.2 Å². The second kappa shape index (κ2) is 9.40. The number of halogens is 2. The van der Waals surface area contributed by atoms with Crippen molar-refractivity contribution in [3.8, 4) is 0 Å². The van der Waals surface area contributed by atoms with E-state index >= 15 is 0 Å². The summed E-state index contributed by atoms with van der Waals surface area (Å²) in [5.41, 5.74) is 1.27. The van der Waals surface area contributed by atoms with E-state index in [4.69, 9.17) is 27.9 Å². The summed E-state index contributed by atoms with van der Waals surface area (Å²) in [5.74, 6) is -0.326. The summed E-state index contributed by atoms with van der Waals surface area (Å²) in [4.78, 5) is 19.0. The first-order chi connectivity index (χ1) is 15.3. The number of carbonyl (C=O) groups is 1. The second-order valence-corrected chi connectivity index (χ2v) is 10.4. The van der Waals surface area contributed by atoms with Crippen LogP contribution in [0.5, 0.6) is 0 Å². The molecule has 4 rings (SSSR count). The van der Waals surface area contributed by atoms with Gasteiger partial charge in [-0.2, -0.15) is 0 Å². The van der Waals surface area contributed by atoms with Gasteiger partial charge in [0, 0.05) is 35.7 Å². The number of morpholine rings is 1. The van der Waals surface area contributed by atoms with Crippen LogP contribution >= 0.6 is 23.2 Å². The van der Waals surface area contributed by atoms with Gasteiger partial charge in [0.05, 0.1) is 42.2 Å². The predicted molar refractivity (Wildman–Crippen MR) is 123 cm³/mol. The fraction of sp³-hybridized carbons (Fsp3) is 0.400. The van der Waals surface area contributed by atoms with E-state index in [1.165, 1.54) is 16.6 Å². The first kappa shape index (κ1) is 23.1. The van der Waals surface area contributed by atoms with Gasteiger partial charge in [-0.15, -0.1) is 0 Å². The molecule has 0 radical (unpaired) electrons. The van der Waals surface area contributed by atoms with Gasteiger partial charge in [0.15, 0.2) is 0 Å². The second-order valence-electron chi connectivity index (χ2n) is 7.52. The normalized spacial score (nSPS) is 20.4. The lowest BCUT2D eigenvalue weighted by Gasteiger charge is -2.36. The zero-order valence-electron chi connectivity index (χ0n) is 17.0. The van der Waals surface area contributed by atoms with E-state index in [1.807, 2.05) is 4.90 Å². The molecule has 1 atom stereocenters. The van der Waals surface area contributed by atoms with Crippen molar-refractivity contribution in [1.29, 1.82) is 0 Å². The number of carbonyl (C=O) groups excluding carboxylic acids is 1. The quantitative estimate of drug-likeness (QED) is 0.647. The van der Waals surface area contributed by atoms with Gasteiger partial charge in [0.1, 0.15) is 5.82 Å². The molecule has 1 aromatic carbocycles. The standard InChI is InChI=1S/C20H22Cl2N4O5S/c21-13-6-14(8-15(7-13)25-3-4-31-12-16(25)11-27)24-20(28)17-9-19(23-10-18(17)22)26-2-1-5-32(26,29)30/h6-10,16,27H,1-5,11-12H2,(H,24,28)/t16-/m0/s1. The Morgan fingerprint density at radius 2 is 2.06 bits per heavy atom. The van der Waals surface area contributed by atoms with Crippen molar-refractivity contribution in [2.75, 3.05) is 53.2 Å². The highest BCUT2D eigenvalue weighted by Gasteiger charge is 2.30. The number of nitrogens with one attached hydrogen (secondary N) is 1. The lowest BCUT2D eigenvalue weighted by Crippen LogP contribution is -2.47. The van der Waals surface area contributed by atoms with Gasteiger partial charge >= 0.3 is 0 Å². The maximum absolute atomic E-state index is 13.0. The van der Waals surface area contributed by atoms with E-state index in [1.54, 1.807) is 18.2 Å². The molecule has 0 unspecified atom stereocenters. The summed E-state index contributed by atoms with van der Waals surface area (Å²) in [6.45, 7) is 1.70. The number of benzene rings is 1. The zero-order valence-corrected chi connectivity index (χ0v) is 19.3. The van der Waals surface area contributed by atoms with Crippen LogP contribution in [-0.4, -0.2) is 69.1 Å². The van der Waals surface area contributed by atoms with Crippen molar-refractivity contribution in [3.05, 3.63) is 46.1 Å². The number of anilines is 3. The molecular formula is C20H22Cl2N4O5S. The SMILES string of the molecule is O=C(Nc1cc(Cl)cc(N2CCOC[C@@H]2CO)c1)c1cc(N2CCCS2(=O)=O)ncc1Cl. The minimum absolute atomic E-state index is 0.0422. The lowest BCUT2D eigenvalue weighted by molar-refractivity contribution is 0.0727. The molecule has 2 fully saturated rings. The van der Waals surface area contributed by atoms with E-state index in [0.29, 0.717) is 43.4 Å². The van der Waals surface area contributed by atoms with E-state index < -0.39 is 15.9 Å². The molecule has 0 saturated carbocycles. The Hall–Kier alpha value is -2.11. The Morgan fingerprint density at radius 1 is 1.25 bits per heavy atom. The average molecular weight is 501 g/mol. The van der Waals surface area contributed by atoms with E-state index in [-0.39, 0.29) is 34.8 Å². The number of ether oxygens (including phenoxy) is 1. The van der Waals surface area contributed by atoms with Crippen LogP contribution in [-0.2, 0) is 14.8 Å². The Morgan fingerprint density at radius 3 is 2.78 bits per heavy atom. The van der Waals surface area contributed by atoms with E-state index in [0.717, 1.165) is 5.69 Å². The van der Waals surface area contributed by atoms with Crippen LogP contribution in [0.3, 0.4) is 0 Å². The fourth-order valence-electron chi connectivity index (χ4n) is 3.79. The van der Waals surface area contributed by atoms with Crippen LogP contribution in [0.1, 0.15) is 16.8 Å². The number of nitrogens with zero attached hydrogens (tertiary/aromatic N) is 3. The van der Waals surface area contributed by atoms with Crippen molar-refractivity contribution in [1.82, 2.24) is 4.98 Å². The molecular weight excluding hydrogens is 479 g/mol. The Kier molecular flexibility index (Phi) is 6.78. The lowest BCUT2D eigenvalue weighted by atomic mass is 10.1. The third kappa shape index (κ3) is 4.79. The highest BCUT2D eigenvalue weighted by atomic mass is 35.5. The Labute approximate surface area is 195 Å². The number of hydrogen-bond donors (Lipinski definition) is 2. The van der Waals surface area contributed by atoms with Gasteiger partial charge in [0.2, 0.25) is 10.0 Å². The van der Waals surface area contributed by atoms with Crippen LogP contribution < -0.4 is 14.5 Å². The molecule has 0 bridgehead atoms. The topological polar surface area (TPSA) is 112 Å². The van der Waals surface area contributed by atoms with Crippen LogP contribution in [0.4, 0.5) is 17.2 Å². The largest absolute Gasteiger partial charge is 0.394 e. The van der Waals surface area contributed by atoms with Crippen molar-refractivity contribution < 1.29 is 23.1 Å². The molecule has 2 aliphatic heterocycles. The maximum atomic E-state index is 13.0. The number of amides is 1. The number of hydrogen-bond acceptors (Lipinski definition) is 7. The van der Waals surface area contributed by atoms with Crippen molar-refractivity contribution in [3.63, 3.8) is 0 Å². The molecule has 32 heavy (non-hydrogen) atoms. The van der Waals surface area contributed by atoms with Gasteiger partial charge in [0.25, 0.3) is 5.91 Å². The summed E-state index contributed by atoms with van der Waals surface area (Å²) in [6.07, 6.45) is 1.76. The highest BCUT2D eigenvalue weighted by molar-refractivity contribution is 7.93. The molecule has 1 aromatic heterocycles. The molecule has 9 nitrogen and oxygen atoms in total. The van der Waals surface area contributed by atoms with Crippen LogP contribution in [0.15, 0.2) is 30.5 Å². The third-order valence-corrected chi connectivity index (χ3v) is 7.72. The molecule has 12 heteroatoms. The zero-order chi connectivity index (χ0) is 22.9. The summed E-state index contributed by atoms with van der Waals surface area (Å²) in [5, 5.41) is 12.9. The monoisotopic (exact) mass is 500 g/mol. The first-order valence-corrected chi connectivity index (χ1v) is 12.4. The smallest absolute Gasteiger partial charge is 0.257 e. The fourth-order valence-corrected chi connectivity index (χ4v) is 5.72. The van der Waals surface area contributed by atoms with Gasteiger partial charge in [-0.05, 0) is 30.7 Å².